The fraction of sp³-hybridized carbons (Fsp3) is 0. The predicted octanol–water partition coefficient (Wildman–Crippen LogP) is 4.43. The Morgan fingerprint density at radius 1 is 0.864 bits per heavy atom. The number of H-pyrrole nitrogens is 1. The first-order valence-electron chi connectivity index (χ1n) is 6.97. The van der Waals surface area contributed by atoms with Gasteiger partial charge < -0.3 is 4.98 Å². The zero-order valence-electron chi connectivity index (χ0n) is 11.6. The van der Waals surface area contributed by atoms with E-state index in [0.29, 0.717) is 16.9 Å². The number of nitrogens with zero attached hydrogens (tertiary/aromatic N) is 2. The summed E-state index contributed by atoms with van der Waals surface area (Å²) in [5.41, 5.74) is 4.32. The quantitative estimate of drug-likeness (QED) is 0.593. The van der Waals surface area contributed by atoms with Crippen LogP contribution in [0.5, 0.6) is 0 Å². The number of benzene rings is 2. The monoisotopic (exact) mass is 289 g/mol. The number of pyridine rings is 1. The molecule has 106 valence electrons. The van der Waals surface area contributed by atoms with Gasteiger partial charge in [-0.25, -0.2) is 14.4 Å². The first kappa shape index (κ1) is 12.7. The van der Waals surface area contributed by atoms with E-state index in [1.165, 1.54) is 0 Å². The van der Waals surface area contributed by atoms with Gasteiger partial charge in [0.1, 0.15) is 5.82 Å². The fourth-order valence-corrected chi connectivity index (χ4v) is 2.51. The lowest BCUT2D eigenvalue weighted by Gasteiger charge is -2.06. The molecular formula is C18H12FN3. The molecule has 2 aromatic heterocycles. The molecule has 0 atom stereocenters. The van der Waals surface area contributed by atoms with Gasteiger partial charge in [0.2, 0.25) is 0 Å². The van der Waals surface area contributed by atoms with Crippen LogP contribution in [0.3, 0.4) is 0 Å². The number of imidazole rings is 1. The van der Waals surface area contributed by atoms with E-state index in [1.54, 1.807) is 24.5 Å². The summed E-state index contributed by atoms with van der Waals surface area (Å²) in [6.07, 6.45) is 1.58. The van der Waals surface area contributed by atoms with Crippen molar-refractivity contribution >= 4 is 11.2 Å². The minimum Gasteiger partial charge on any atom is -0.343 e. The number of halogens is 1. The summed E-state index contributed by atoms with van der Waals surface area (Å²) in [6, 6.07) is 18.6. The first-order chi connectivity index (χ1) is 10.8. The minimum atomic E-state index is -0.288. The summed E-state index contributed by atoms with van der Waals surface area (Å²) >= 11 is 0. The normalized spacial score (nSPS) is 11.0. The Bertz CT molecular complexity index is 945. The molecule has 0 aliphatic heterocycles. The summed E-state index contributed by atoms with van der Waals surface area (Å²) < 4.78 is 14.5. The van der Waals surface area contributed by atoms with Gasteiger partial charge in [-0.1, -0.05) is 36.4 Å². The molecule has 0 aliphatic rings. The van der Waals surface area contributed by atoms with Crippen molar-refractivity contribution in [2.45, 2.75) is 0 Å². The Kier molecular flexibility index (Phi) is 2.93. The second-order valence-electron chi connectivity index (χ2n) is 5.03. The number of aromatic nitrogens is 3. The molecule has 0 unspecified atom stereocenters. The molecule has 3 nitrogen and oxygen atoms in total. The van der Waals surface area contributed by atoms with Crippen molar-refractivity contribution in [3.8, 4) is 22.4 Å². The van der Waals surface area contributed by atoms with Gasteiger partial charge in [-0.15, -0.1) is 0 Å². The highest BCUT2D eigenvalue weighted by Crippen LogP contribution is 2.27. The summed E-state index contributed by atoms with van der Waals surface area (Å²) in [5.74, 6) is -0.288. The molecule has 0 spiro atoms. The largest absolute Gasteiger partial charge is 0.343 e. The second-order valence-corrected chi connectivity index (χ2v) is 5.03. The Balaban J connectivity index is 1.79. The van der Waals surface area contributed by atoms with Crippen LogP contribution in [-0.2, 0) is 0 Å². The van der Waals surface area contributed by atoms with E-state index in [9.17, 15) is 4.39 Å². The lowest BCUT2D eigenvalue weighted by Crippen LogP contribution is -1.90. The van der Waals surface area contributed by atoms with Crippen LogP contribution in [0.2, 0.25) is 0 Å². The van der Waals surface area contributed by atoms with Crippen molar-refractivity contribution in [3.63, 3.8) is 0 Å². The molecule has 0 saturated heterocycles. The Morgan fingerprint density at radius 3 is 2.55 bits per heavy atom. The lowest BCUT2D eigenvalue weighted by atomic mass is 10.0. The molecule has 0 amide bonds. The van der Waals surface area contributed by atoms with E-state index in [1.807, 2.05) is 42.5 Å². The third kappa shape index (κ3) is 2.15. The third-order valence-electron chi connectivity index (χ3n) is 3.63. The molecule has 0 bridgehead atoms. The molecule has 22 heavy (non-hydrogen) atoms. The molecule has 0 aliphatic carbocycles. The summed E-state index contributed by atoms with van der Waals surface area (Å²) in [6.45, 7) is 0. The van der Waals surface area contributed by atoms with Gasteiger partial charge in [0, 0.05) is 5.56 Å². The molecule has 0 fully saturated rings. The molecule has 2 heterocycles. The number of rotatable bonds is 2. The van der Waals surface area contributed by atoms with E-state index in [-0.39, 0.29) is 5.82 Å². The smallest absolute Gasteiger partial charge is 0.177 e. The molecule has 0 saturated carbocycles. The zero-order valence-corrected chi connectivity index (χ0v) is 11.6. The molecule has 4 heteroatoms. The highest BCUT2D eigenvalue weighted by Gasteiger charge is 2.10. The van der Waals surface area contributed by atoms with Crippen molar-refractivity contribution in [2.75, 3.05) is 0 Å². The number of aromatic amines is 1. The number of nitrogens with one attached hydrogen (secondary N) is 1. The lowest BCUT2D eigenvalue weighted by molar-refractivity contribution is 0.631. The van der Waals surface area contributed by atoms with Gasteiger partial charge in [0.15, 0.2) is 5.65 Å². The molecule has 0 radical (unpaired) electrons. The number of hydrogen-bond donors (Lipinski definition) is 1. The van der Waals surface area contributed by atoms with Crippen LogP contribution < -0.4 is 0 Å². The molecule has 4 rings (SSSR count). The SMILES string of the molecule is Fc1cc(-c2ccccc2)ccc1-c1ccc2[nH]cnc2n1. The van der Waals surface area contributed by atoms with Crippen molar-refractivity contribution in [1.82, 2.24) is 15.0 Å². The van der Waals surface area contributed by atoms with E-state index >= 15 is 0 Å². The van der Waals surface area contributed by atoms with Crippen molar-refractivity contribution in [1.29, 1.82) is 0 Å². The summed E-state index contributed by atoms with van der Waals surface area (Å²) in [5, 5.41) is 0. The van der Waals surface area contributed by atoms with Crippen LogP contribution >= 0.6 is 0 Å². The summed E-state index contributed by atoms with van der Waals surface area (Å²) in [7, 11) is 0. The standard InChI is InChI=1S/C18H12FN3/c19-15-10-13(12-4-2-1-3-5-12)6-7-14(15)16-8-9-17-18(22-16)21-11-20-17/h1-11H,(H,20,21,22). The van der Waals surface area contributed by atoms with Crippen molar-refractivity contribution in [3.05, 3.63) is 72.8 Å². The van der Waals surface area contributed by atoms with Crippen LogP contribution in [0.25, 0.3) is 33.5 Å². The van der Waals surface area contributed by atoms with E-state index in [2.05, 4.69) is 15.0 Å². The topological polar surface area (TPSA) is 41.6 Å². The average Bonchev–Trinajstić information content (AvgIpc) is 3.03. The zero-order chi connectivity index (χ0) is 14.9. The van der Waals surface area contributed by atoms with Crippen molar-refractivity contribution in [2.24, 2.45) is 0 Å². The first-order valence-corrected chi connectivity index (χ1v) is 6.97. The maximum absolute atomic E-state index is 14.5. The van der Waals surface area contributed by atoms with Gasteiger partial charge >= 0.3 is 0 Å². The molecule has 1 N–H and O–H groups in total. The highest BCUT2D eigenvalue weighted by molar-refractivity contribution is 5.76. The maximum Gasteiger partial charge on any atom is 0.177 e. The fourth-order valence-electron chi connectivity index (χ4n) is 2.51. The second kappa shape index (κ2) is 5.07. The van der Waals surface area contributed by atoms with Gasteiger partial charge in [-0.3, -0.25) is 0 Å². The highest BCUT2D eigenvalue weighted by atomic mass is 19.1. The summed E-state index contributed by atoms with van der Waals surface area (Å²) in [4.78, 5) is 11.5. The van der Waals surface area contributed by atoms with Gasteiger partial charge in [0.05, 0.1) is 17.5 Å². The Hall–Kier alpha value is -3.01. The predicted molar refractivity (Wildman–Crippen MR) is 84.7 cm³/mol. The molecule has 4 aromatic rings. The van der Waals surface area contributed by atoms with Crippen LogP contribution in [-0.4, -0.2) is 15.0 Å². The molecular weight excluding hydrogens is 277 g/mol. The van der Waals surface area contributed by atoms with Crippen LogP contribution in [0.4, 0.5) is 4.39 Å². The average molecular weight is 289 g/mol. The van der Waals surface area contributed by atoms with E-state index in [0.717, 1.165) is 16.6 Å². The number of hydrogen-bond acceptors (Lipinski definition) is 2. The third-order valence-corrected chi connectivity index (χ3v) is 3.63. The minimum absolute atomic E-state index is 0.288. The van der Waals surface area contributed by atoms with Crippen LogP contribution in [0.1, 0.15) is 0 Å². The maximum atomic E-state index is 14.5. The van der Waals surface area contributed by atoms with Crippen LogP contribution in [0.15, 0.2) is 67.0 Å². The van der Waals surface area contributed by atoms with Gasteiger partial charge in [-0.2, -0.15) is 0 Å². The Morgan fingerprint density at radius 2 is 1.73 bits per heavy atom. The Labute approximate surface area is 126 Å². The van der Waals surface area contributed by atoms with Crippen LogP contribution in [0, 0.1) is 5.82 Å². The van der Waals surface area contributed by atoms with Gasteiger partial charge in [-0.05, 0) is 35.4 Å². The van der Waals surface area contributed by atoms with E-state index < -0.39 is 0 Å². The van der Waals surface area contributed by atoms with E-state index in [4.69, 9.17) is 0 Å². The number of fused-ring (bicyclic) bond motifs is 1. The molecule has 2 aromatic carbocycles. The van der Waals surface area contributed by atoms with Crippen molar-refractivity contribution < 1.29 is 4.39 Å². The van der Waals surface area contributed by atoms with Gasteiger partial charge in [0.25, 0.3) is 0 Å².